The maximum atomic E-state index is 14.0. The maximum absolute atomic E-state index is 14.0. The quantitative estimate of drug-likeness (QED) is 0.326. The summed E-state index contributed by atoms with van der Waals surface area (Å²) in [5.74, 6) is -0.330. The first-order valence-electron chi connectivity index (χ1n) is 19.5. The summed E-state index contributed by atoms with van der Waals surface area (Å²) in [5, 5.41) is 10.4. The fraction of sp³-hybridized carbons (Fsp3) is 0.625. The van der Waals surface area contributed by atoms with Crippen LogP contribution in [0.4, 0.5) is 9.18 Å². The van der Waals surface area contributed by atoms with Crippen LogP contribution in [0.1, 0.15) is 96.0 Å². The molecule has 13 nitrogen and oxygen atoms in total. The standard InChI is InChI=1S/C40H54FN7O6/c1-39(2,3)54-38(51)47-24-30-20-31(47)23-46(30)36(50)25-9-11-29(12-10-25)48-33-21-34(53-18-17-45-15-13-27(14-16-45)40(4,5)52)42-22-32(33)43-37(48)44-35(49)26-7-6-8-28(41)19-26/h6-8,19,21-22,25,27,29-31,52H,9-18,20,23-24H2,1-5H3,(H,43,44,49)/t25-,29+,30?,31?. The number of nitrogens with one attached hydrogen (secondary N) is 1. The number of pyridine rings is 1. The van der Waals surface area contributed by atoms with Gasteiger partial charge in [0.1, 0.15) is 18.0 Å². The van der Waals surface area contributed by atoms with Crippen molar-refractivity contribution in [3.05, 3.63) is 53.5 Å². The minimum absolute atomic E-state index is 0.000381. The van der Waals surface area contributed by atoms with E-state index >= 15 is 0 Å². The minimum atomic E-state index is -0.670. The van der Waals surface area contributed by atoms with Gasteiger partial charge in [-0.05, 0) is 117 Å². The van der Waals surface area contributed by atoms with Crippen LogP contribution in [0.5, 0.6) is 5.88 Å². The Labute approximate surface area is 315 Å². The Morgan fingerprint density at radius 3 is 2.31 bits per heavy atom. The first-order chi connectivity index (χ1) is 25.6. The van der Waals surface area contributed by atoms with Crippen LogP contribution in [-0.4, -0.2) is 115 Å². The zero-order valence-electron chi connectivity index (χ0n) is 32.1. The lowest BCUT2D eigenvalue weighted by molar-refractivity contribution is -0.139. The number of carbonyl (C=O) groups is 3. The van der Waals surface area contributed by atoms with Crippen molar-refractivity contribution >= 4 is 28.9 Å². The number of rotatable bonds is 8. The molecule has 3 amide bonds. The highest BCUT2D eigenvalue weighted by Crippen LogP contribution is 2.38. The number of ether oxygens (including phenoxy) is 2. The molecule has 1 aliphatic carbocycles. The first-order valence-corrected chi connectivity index (χ1v) is 19.5. The van der Waals surface area contributed by atoms with Gasteiger partial charge in [-0.1, -0.05) is 6.07 Å². The summed E-state index contributed by atoms with van der Waals surface area (Å²) in [4.78, 5) is 58.2. The number of carbonyl (C=O) groups excluding carboxylic acids is 3. The van der Waals surface area contributed by atoms with Gasteiger partial charge in [0.05, 0.1) is 34.9 Å². The molecule has 2 N–H and O–H groups in total. The van der Waals surface area contributed by atoms with E-state index in [1.165, 1.54) is 24.3 Å². The van der Waals surface area contributed by atoms with Crippen LogP contribution < -0.4 is 10.4 Å². The molecule has 7 rings (SSSR count). The summed E-state index contributed by atoms with van der Waals surface area (Å²) in [6.45, 7) is 13.4. The molecule has 2 aromatic heterocycles. The number of imidazole rings is 1. The number of H-pyrrole nitrogens is 1. The molecular weight excluding hydrogens is 693 g/mol. The number of benzene rings is 1. The second kappa shape index (κ2) is 15.1. The second-order valence-electron chi connectivity index (χ2n) is 17.1. The highest BCUT2D eigenvalue weighted by atomic mass is 19.1. The Morgan fingerprint density at radius 1 is 0.963 bits per heavy atom. The Balaban J connectivity index is 1.05. The second-order valence-corrected chi connectivity index (χ2v) is 17.1. The predicted octanol–water partition coefficient (Wildman–Crippen LogP) is 5.06. The van der Waals surface area contributed by atoms with Gasteiger partial charge in [-0.3, -0.25) is 14.5 Å². The number of fused-ring (bicyclic) bond motifs is 3. The summed E-state index contributed by atoms with van der Waals surface area (Å²) in [6, 6.07) is 7.27. The van der Waals surface area contributed by atoms with Crippen molar-refractivity contribution in [2.24, 2.45) is 16.8 Å². The molecule has 54 heavy (non-hydrogen) atoms. The van der Waals surface area contributed by atoms with E-state index in [0.717, 1.165) is 44.4 Å². The number of nitrogens with zero attached hydrogens (tertiary/aromatic N) is 6. The van der Waals surface area contributed by atoms with E-state index in [9.17, 15) is 23.9 Å². The Hall–Kier alpha value is -4.30. The van der Waals surface area contributed by atoms with Gasteiger partial charge in [-0.25, -0.2) is 14.2 Å². The molecule has 1 aromatic carbocycles. The summed E-state index contributed by atoms with van der Waals surface area (Å²) in [7, 11) is 0. The van der Waals surface area contributed by atoms with Crippen molar-refractivity contribution in [2.45, 2.75) is 109 Å². The average molecular weight is 748 g/mol. The van der Waals surface area contributed by atoms with E-state index in [1.807, 2.05) is 50.2 Å². The average Bonchev–Trinajstić information content (AvgIpc) is 3.84. The normalized spacial score (nSPS) is 24.4. The molecule has 0 radical (unpaired) electrons. The molecule has 14 heteroatoms. The fourth-order valence-electron chi connectivity index (χ4n) is 8.77. The third-order valence-corrected chi connectivity index (χ3v) is 11.7. The summed E-state index contributed by atoms with van der Waals surface area (Å²) >= 11 is 0. The zero-order chi connectivity index (χ0) is 38.4. The SMILES string of the molecule is CC(C)(C)OC(=O)N1CC2CC1CN2C(=O)[C@H]1CC[C@@H](n2/c(=N/C(=O)c3cccc(F)c3)[nH]c3cnc(OCCN4CCC(C(C)(C)O)CC4)cc32)CC1. The van der Waals surface area contributed by atoms with E-state index in [-0.39, 0.29) is 47.5 Å². The van der Waals surface area contributed by atoms with Crippen molar-refractivity contribution in [3.63, 3.8) is 0 Å². The van der Waals surface area contributed by atoms with Crippen LogP contribution >= 0.6 is 0 Å². The molecule has 4 aliphatic rings. The van der Waals surface area contributed by atoms with Crippen molar-refractivity contribution in [1.29, 1.82) is 0 Å². The van der Waals surface area contributed by atoms with Gasteiger partial charge in [0.2, 0.25) is 17.4 Å². The lowest BCUT2D eigenvalue weighted by atomic mass is 9.83. The van der Waals surface area contributed by atoms with Gasteiger partial charge in [-0.2, -0.15) is 4.99 Å². The van der Waals surface area contributed by atoms with Crippen LogP contribution in [0.2, 0.25) is 0 Å². The van der Waals surface area contributed by atoms with Crippen LogP contribution in [0, 0.1) is 17.7 Å². The molecule has 2 unspecified atom stereocenters. The van der Waals surface area contributed by atoms with Gasteiger partial charge in [-0.15, -0.1) is 0 Å². The third-order valence-electron chi connectivity index (χ3n) is 11.7. The number of piperidine rings is 1. The molecule has 3 aliphatic heterocycles. The topological polar surface area (TPSA) is 146 Å². The Morgan fingerprint density at radius 2 is 1.67 bits per heavy atom. The number of likely N-dealkylation sites (tertiary alicyclic amines) is 3. The van der Waals surface area contributed by atoms with E-state index in [2.05, 4.69) is 19.9 Å². The Bertz CT molecular complexity index is 1930. The summed E-state index contributed by atoms with van der Waals surface area (Å²) in [5.41, 5.74) is 0.706. The molecule has 2 atom stereocenters. The highest BCUT2D eigenvalue weighted by molar-refractivity contribution is 5.95. The van der Waals surface area contributed by atoms with Crippen LogP contribution in [0.3, 0.4) is 0 Å². The molecule has 292 valence electrons. The molecule has 3 aromatic rings. The number of aromatic nitrogens is 3. The number of hydrogen-bond acceptors (Lipinski definition) is 8. The minimum Gasteiger partial charge on any atom is -0.476 e. The number of hydrogen-bond donors (Lipinski definition) is 2. The van der Waals surface area contributed by atoms with Crippen LogP contribution in [0.15, 0.2) is 41.5 Å². The molecule has 3 saturated heterocycles. The molecule has 1 saturated carbocycles. The van der Waals surface area contributed by atoms with E-state index < -0.39 is 22.9 Å². The van der Waals surface area contributed by atoms with Gasteiger partial charge >= 0.3 is 6.09 Å². The number of piperazine rings is 1. The Kier molecular flexibility index (Phi) is 10.6. The number of amides is 3. The molecule has 5 heterocycles. The monoisotopic (exact) mass is 747 g/mol. The number of aromatic amines is 1. The molecule has 2 bridgehead atoms. The van der Waals surface area contributed by atoms with Gasteiger partial charge in [0, 0.05) is 43.2 Å². The zero-order valence-corrected chi connectivity index (χ0v) is 32.1. The van der Waals surface area contributed by atoms with E-state index in [1.54, 1.807) is 11.1 Å². The maximum Gasteiger partial charge on any atom is 0.410 e. The smallest absolute Gasteiger partial charge is 0.410 e. The van der Waals surface area contributed by atoms with E-state index in [0.29, 0.717) is 62.4 Å². The predicted molar refractivity (Wildman–Crippen MR) is 199 cm³/mol. The van der Waals surface area contributed by atoms with Crippen molar-refractivity contribution < 1.29 is 33.4 Å². The number of halogens is 1. The van der Waals surface area contributed by atoms with Crippen LogP contribution in [-0.2, 0) is 9.53 Å². The van der Waals surface area contributed by atoms with E-state index in [4.69, 9.17) is 9.47 Å². The fourth-order valence-corrected chi connectivity index (χ4v) is 8.77. The third kappa shape index (κ3) is 8.34. The molecule has 0 spiro atoms. The van der Waals surface area contributed by atoms with Gasteiger partial charge in [0.15, 0.2) is 0 Å². The summed E-state index contributed by atoms with van der Waals surface area (Å²) < 4.78 is 27.8. The van der Waals surface area contributed by atoms with Crippen LogP contribution in [0.25, 0.3) is 11.0 Å². The lowest BCUT2D eigenvalue weighted by Gasteiger charge is -2.38. The highest BCUT2D eigenvalue weighted by Gasteiger charge is 2.49. The number of aliphatic hydroxyl groups is 1. The van der Waals surface area contributed by atoms with Crippen molar-refractivity contribution in [3.8, 4) is 5.88 Å². The van der Waals surface area contributed by atoms with Crippen molar-refractivity contribution in [1.82, 2.24) is 29.2 Å². The molecular formula is C40H54FN7O6. The van der Waals surface area contributed by atoms with Crippen molar-refractivity contribution in [2.75, 3.05) is 39.3 Å². The molecule has 4 fully saturated rings. The summed E-state index contributed by atoms with van der Waals surface area (Å²) in [6.07, 6.45) is 6.74. The lowest BCUT2D eigenvalue weighted by Crippen LogP contribution is -2.53. The van der Waals surface area contributed by atoms with Gasteiger partial charge < -0.3 is 33.9 Å². The largest absolute Gasteiger partial charge is 0.476 e. The first kappa shape index (κ1) is 38.0. The van der Waals surface area contributed by atoms with Gasteiger partial charge in [0.25, 0.3) is 5.91 Å².